The molecule has 1 aromatic carbocycles. The van der Waals surface area contributed by atoms with Gasteiger partial charge in [0.25, 0.3) is 0 Å². The zero-order chi connectivity index (χ0) is 15.2. The molecule has 2 unspecified atom stereocenters. The summed E-state index contributed by atoms with van der Waals surface area (Å²) >= 11 is 0. The first kappa shape index (κ1) is 16.5. The minimum absolute atomic E-state index is 0.499. The number of nitrogens with one attached hydrogen (secondary N) is 1. The van der Waals surface area contributed by atoms with Crippen molar-refractivity contribution in [3.63, 3.8) is 0 Å². The quantitative estimate of drug-likeness (QED) is 0.813. The van der Waals surface area contributed by atoms with Crippen LogP contribution in [0, 0.1) is 11.8 Å². The summed E-state index contributed by atoms with van der Waals surface area (Å²) in [5.41, 5.74) is 1.44. The summed E-state index contributed by atoms with van der Waals surface area (Å²) in [4.78, 5) is 2.60. The molecule has 1 saturated heterocycles. The first-order chi connectivity index (χ1) is 10.1. The summed E-state index contributed by atoms with van der Waals surface area (Å²) in [7, 11) is 0. The van der Waals surface area contributed by atoms with Crippen LogP contribution >= 0.6 is 0 Å². The first-order valence-electron chi connectivity index (χ1n) is 8.58. The van der Waals surface area contributed by atoms with Crippen LogP contribution < -0.4 is 5.32 Å². The SMILES string of the molecule is CC(C)CC(NCC1CCN(C(C)C)C1)c1ccccc1. The molecule has 1 fully saturated rings. The van der Waals surface area contributed by atoms with Crippen LogP contribution in [0.25, 0.3) is 0 Å². The van der Waals surface area contributed by atoms with Crippen LogP contribution in [0.5, 0.6) is 0 Å². The van der Waals surface area contributed by atoms with E-state index in [0.29, 0.717) is 12.1 Å². The van der Waals surface area contributed by atoms with Gasteiger partial charge in [-0.05, 0) is 57.2 Å². The Balaban J connectivity index is 1.88. The number of benzene rings is 1. The topological polar surface area (TPSA) is 15.3 Å². The molecular weight excluding hydrogens is 256 g/mol. The molecule has 0 aliphatic carbocycles. The minimum atomic E-state index is 0.499. The van der Waals surface area contributed by atoms with Gasteiger partial charge < -0.3 is 10.2 Å². The lowest BCUT2D eigenvalue weighted by Gasteiger charge is -2.24. The lowest BCUT2D eigenvalue weighted by Crippen LogP contribution is -2.32. The maximum absolute atomic E-state index is 3.84. The van der Waals surface area contributed by atoms with Crippen molar-refractivity contribution in [2.24, 2.45) is 11.8 Å². The Morgan fingerprint density at radius 1 is 1.14 bits per heavy atom. The molecule has 1 aliphatic rings. The number of hydrogen-bond donors (Lipinski definition) is 1. The van der Waals surface area contributed by atoms with Gasteiger partial charge in [0.1, 0.15) is 0 Å². The molecule has 2 rings (SSSR count). The van der Waals surface area contributed by atoms with Gasteiger partial charge >= 0.3 is 0 Å². The minimum Gasteiger partial charge on any atom is -0.310 e. The van der Waals surface area contributed by atoms with E-state index in [1.54, 1.807) is 0 Å². The first-order valence-corrected chi connectivity index (χ1v) is 8.58. The van der Waals surface area contributed by atoms with Crippen molar-refractivity contribution in [1.82, 2.24) is 10.2 Å². The third kappa shape index (κ3) is 5.12. The number of nitrogens with zero attached hydrogens (tertiary/aromatic N) is 1. The molecule has 0 amide bonds. The fourth-order valence-electron chi connectivity index (χ4n) is 3.30. The van der Waals surface area contributed by atoms with E-state index in [2.05, 4.69) is 68.2 Å². The Morgan fingerprint density at radius 2 is 1.86 bits per heavy atom. The monoisotopic (exact) mass is 288 g/mol. The molecule has 0 spiro atoms. The van der Waals surface area contributed by atoms with E-state index in [4.69, 9.17) is 0 Å². The van der Waals surface area contributed by atoms with Gasteiger partial charge in [0, 0.05) is 18.6 Å². The Morgan fingerprint density at radius 3 is 2.43 bits per heavy atom. The van der Waals surface area contributed by atoms with Gasteiger partial charge in [0.05, 0.1) is 0 Å². The molecule has 2 atom stereocenters. The fraction of sp³-hybridized carbons (Fsp3) is 0.684. The van der Waals surface area contributed by atoms with Crippen LogP contribution in [0.4, 0.5) is 0 Å². The van der Waals surface area contributed by atoms with Crippen molar-refractivity contribution in [2.45, 2.75) is 52.6 Å². The molecular formula is C19H32N2. The van der Waals surface area contributed by atoms with Crippen LogP contribution in [-0.4, -0.2) is 30.6 Å². The van der Waals surface area contributed by atoms with Gasteiger partial charge in [0.15, 0.2) is 0 Å². The highest BCUT2D eigenvalue weighted by molar-refractivity contribution is 5.18. The average molecular weight is 288 g/mol. The highest BCUT2D eigenvalue weighted by Gasteiger charge is 2.24. The predicted molar refractivity (Wildman–Crippen MR) is 91.5 cm³/mol. The van der Waals surface area contributed by atoms with Gasteiger partial charge in [-0.1, -0.05) is 44.2 Å². The molecule has 2 nitrogen and oxygen atoms in total. The standard InChI is InChI=1S/C19H32N2/c1-15(2)12-19(18-8-6-5-7-9-18)20-13-17-10-11-21(14-17)16(3)4/h5-9,15-17,19-20H,10-14H2,1-4H3. The molecule has 1 N–H and O–H groups in total. The summed E-state index contributed by atoms with van der Waals surface area (Å²) in [6, 6.07) is 12.1. The molecule has 21 heavy (non-hydrogen) atoms. The van der Waals surface area contributed by atoms with E-state index >= 15 is 0 Å². The van der Waals surface area contributed by atoms with Crippen LogP contribution in [-0.2, 0) is 0 Å². The van der Waals surface area contributed by atoms with Crippen molar-refractivity contribution in [1.29, 1.82) is 0 Å². The summed E-state index contributed by atoms with van der Waals surface area (Å²) in [5.74, 6) is 1.53. The molecule has 1 aliphatic heterocycles. The van der Waals surface area contributed by atoms with Crippen LogP contribution in [0.15, 0.2) is 30.3 Å². The van der Waals surface area contributed by atoms with Crippen LogP contribution in [0.1, 0.15) is 52.1 Å². The third-order valence-electron chi connectivity index (χ3n) is 4.61. The molecule has 0 aromatic heterocycles. The predicted octanol–water partition coefficient (Wildman–Crippen LogP) is 4.09. The molecule has 1 heterocycles. The Hall–Kier alpha value is -0.860. The second-order valence-electron chi connectivity index (χ2n) is 7.24. The molecule has 1 aromatic rings. The molecule has 2 heteroatoms. The Labute approximate surface area is 130 Å². The molecule has 0 radical (unpaired) electrons. The summed E-state index contributed by atoms with van der Waals surface area (Å²) in [6.07, 6.45) is 2.55. The lowest BCUT2D eigenvalue weighted by atomic mass is 9.96. The van der Waals surface area contributed by atoms with Crippen LogP contribution in [0.3, 0.4) is 0 Å². The lowest BCUT2D eigenvalue weighted by molar-refractivity contribution is 0.261. The molecule has 0 saturated carbocycles. The van der Waals surface area contributed by atoms with Gasteiger partial charge in [-0.15, -0.1) is 0 Å². The Bertz CT molecular complexity index is 399. The smallest absolute Gasteiger partial charge is 0.0322 e. The maximum Gasteiger partial charge on any atom is 0.0322 e. The highest BCUT2D eigenvalue weighted by atomic mass is 15.2. The van der Waals surface area contributed by atoms with Crippen molar-refractivity contribution in [3.05, 3.63) is 35.9 Å². The summed E-state index contributed by atoms with van der Waals surface area (Å²) in [5, 5.41) is 3.84. The molecule has 118 valence electrons. The zero-order valence-corrected chi connectivity index (χ0v) is 14.2. The summed E-state index contributed by atoms with van der Waals surface area (Å²) in [6.45, 7) is 12.9. The third-order valence-corrected chi connectivity index (χ3v) is 4.61. The van der Waals surface area contributed by atoms with Gasteiger partial charge in [0.2, 0.25) is 0 Å². The number of rotatable bonds is 7. The van der Waals surface area contributed by atoms with Gasteiger partial charge in [-0.2, -0.15) is 0 Å². The summed E-state index contributed by atoms with van der Waals surface area (Å²) < 4.78 is 0. The zero-order valence-electron chi connectivity index (χ0n) is 14.2. The number of hydrogen-bond acceptors (Lipinski definition) is 2. The Kier molecular flexibility index (Phi) is 6.25. The largest absolute Gasteiger partial charge is 0.310 e. The van der Waals surface area contributed by atoms with Crippen molar-refractivity contribution in [3.8, 4) is 0 Å². The van der Waals surface area contributed by atoms with Gasteiger partial charge in [-0.25, -0.2) is 0 Å². The van der Waals surface area contributed by atoms with E-state index in [1.807, 2.05) is 0 Å². The molecule has 0 bridgehead atoms. The van der Waals surface area contributed by atoms with E-state index in [9.17, 15) is 0 Å². The van der Waals surface area contributed by atoms with Gasteiger partial charge in [-0.3, -0.25) is 0 Å². The maximum atomic E-state index is 3.84. The van der Waals surface area contributed by atoms with E-state index in [0.717, 1.165) is 18.4 Å². The van der Waals surface area contributed by atoms with E-state index in [1.165, 1.54) is 31.5 Å². The second kappa shape index (κ2) is 7.95. The van der Waals surface area contributed by atoms with Crippen molar-refractivity contribution < 1.29 is 0 Å². The van der Waals surface area contributed by atoms with E-state index < -0.39 is 0 Å². The van der Waals surface area contributed by atoms with Crippen molar-refractivity contribution >= 4 is 0 Å². The second-order valence-corrected chi connectivity index (χ2v) is 7.24. The van der Waals surface area contributed by atoms with E-state index in [-0.39, 0.29) is 0 Å². The number of likely N-dealkylation sites (tertiary alicyclic amines) is 1. The fourth-order valence-corrected chi connectivity index (χ4v) is 3.30. The van der Waals surface area contributed by atoms with Crippen LogP contribution in [0.2, 0.25) is 0 Å². The highest BCUT2D eigenvalue weighted by Crippen LogP contribution is 2.23. The average Bonchev–Trinajstić information content (AvgIpc) is 2.93. The van der Waals surface area contributed by atoms with Crippen molar-refractivity contribution in [2.75, 3.05) is 19.6 Å². The normalized spacial score (nSPS) is 21.3.